The van der Waals surface area contributed by atoms with Gasteiger partial charge in [0.05, 0.1) is 5.69 Å². The number of aryl methyl sites for hydroxylation is 1. The van der Waals surface area contributed by atoms with Crippen molar-refractivity contribution in [2.45, 2.75) is 19.4 Å². The van der Waals surface area contributed by atoms with Crippen LogP contribution in [0.15, 0.2) is 18.2 Å². The fourth-order valence-corrected chi connectivity index (χ4v) is 1.48. The monoisotopic (exact) mass is 221 g/mol. The Labute approximate surface area is 92.0 Å². The largest absolute Gasteiger partial charge is 0.478 e. The van der Waals surface area contributed by atoms with E-state index in [0.29, 0.717) is 11.4 Å². The molecule has 0 aromatic heterocycles. The van der Waals surface area contributed by atoms with E-state index in [0.717, 1.165) is 5.56 Å². The van der Waals surface area contributed by atoms with E-state index in [-0.39, 0.29) is 0 Å². The summed E-state index contributed by atoms with van der Waals surface area (Å²) >= 11 is 0. The summed E-state index contributed by atoms with van der Waals surface area (Å²) in [5, 5.41) is 11.5. The van der Waals surface area contributed by atoms with Crippen molar-refractivity contribution in [3.8, 4) is 5.75 Å². The van der Waals surface area contributed by atoms with Gasteiger partial charge < -0.3 is 15.2 Å². The Hall–Kier alpha value is -2.04. The van der Waals surface area contributed by atoms with Crippen molar-refractivity contribution in [3.63, 3.8) is 0 Å². The first-order valence-corrected chi connectivity index (χ1v) is 4.78. The average molecular weight is 221 g/mol. The number of carbonyl (C=O) groups is 2. The van der Waals surface area contributed by atoms with Crippen molar-refractivity contribution >= 4 is 17.6 Å². The number of carbonyl (C=O) groups excluding carboxylic acids is 1. The Kier molecular flexibility index (Phi) is 2.11. The molecule has 0 radical (unpaired) electrons. The molecule has 1 heterocycles. The maximum absolute atomic E-state index is 11.6. The summed E-state index contributed by atoms with van der Waals surface area (Å²) in [5.74, 6) is -1.61. The molecule has 1 atom stereocenters. The Morgan fingerprint density at radius 3 is 2.81 bits per heavy atom. The van der Waals surface area contributed by atoms with Crippen LogP contribution >= 0.6 is 0 Å². The lowest BCUT2D eigenvalue weighted by Crippen LogP contribution is -2.54. The molecule has 5 heteroatoms. The zero-order chi connectivity index (χ0) is 11.9. The minimum Gasteiger partial charge on any atom is -0.478 e. The zero-order valence-electron chi connectivity index (χ0n) is 8.90. The lowest BCUT2D eigenvalue weighted by Gasteiger charge is -2.31. The van der Waals surface area contributed by atoms with Crippen molar-refractivity contribution in [3.05, 3.63) is 23.8 Å². The summed E-state index contributed by atoms with van der Waals surface area (Å²) in [4.78, 5) is 22.6. The van der Waals surface area contributed by atoms with Gasteiger partial charge in [-0.1, -0.05) is 6.07 Å². The highest BCUT2D eigenvalue weighted by Crippen LogP contribution is 2.34. The van der Waals surface area contributed by atoms with E-state index in [9.17, 15) is 9.59 Å². The highest BCUT2D eigenvalue weighted by Gasteiger charge is 2.47. The quantitative estimate of drug-likeness (QED) is 0.698. The lowest BCUT2D eigenvalue weighted by atomic mass is 10.0. The number of hydrogen-bond donors (Lipinski definition) is 2. The number of benzene rings is 1. The number of amides is 1. The van der Waals surface area contributed by atoms with Crippen LogP contribution in [0.5, 0.6) is 5.75 Å². The second-order valence-corrected chi connectivity index (χ2v) is 3.89. The van der Waals surface area contributed by atoms with Crippen LogP contribution in [0.3, 0.4) is 0 Å². The Bertz CT molecular complexity index is 483. The van der Waals surface area contributed by atoms with Crippen LogP contribution in [-0.4, -0.2) is 22.6 Å². The van der Waals surface area contributed by atoms with Gasteiger partial charge in [-0.2, -0.15) is 0 Å². The van der Waals surface area contributed by atoms with Gasteiger partial charge in [-0.15, -0.1) is 0 Å². The molecule has 0 saturated heterocycles. The third-order valence-corrected chi connectivity index (χ3v) is 2.54. The van der Waals surface area contributed by atoms with E-state index in [1.165, 1.54) is 6.92 Å². The molecule has 1 amide bonds. The molecule has 1 aromatic rings. The molecule has 0 spiro atoms. The second kappa shape index (κ2) is 3.23. The third-order valence-electron chi connectivity index (χ3n) is 2.54. The summed E-state index contributed by atoms with van der Waals surface area (Å²) in [7, 11) is 0. The predicted octanol–water partition coefficient (Wildman–Crippen LogP) is 1.17. The fourth-order valence-electron chi connectivity index (χ4n) is 1.48. The molecular formula is C11H11NO4. The molecule has 0 saturated carbocycles. The normalized spacial score (nSPS) is 23.0. The highest BCUT2D eigenvalue weighted by atomic mass is 16.5. The first-order valence-electron chi connectivity index (χ1n) is 4.78. The Morgan fingerprint density at radius 1 is 1.50 bits per heavy atom. The molecule has 1 aromatic carbocycles. The molecule has 1 aliphatic heterocycles. The summed E-state index contributed by atoms with van der Waals surface area (Å²) in [6, 6.07) is 5.17. The van der Waals surface area contributed by atoms with Crippen LogP contribution in [0.25, 0.3) is 0 Å². The van der Waals surface area contributed by atoms with Crippen molar-refractivity contribution in [2.24, 2.45) is 0 Å². The van der Waals surface area contributed by atoms with Gasteiger partial charge in [-0.05, 0) is 31.5 Å². The number of fused-ring (bicyclic) bond motifs is 1. The minimum atomic E-state index is -1.86. The minimum absolute atomic E-state index is 0.370. The molecule has 1 aliphatic rings. The number of ether oxygens (including phenoxy) is 1. The number of hydrogen-bond acceptors (Lipinski definition) is 3. The van der Waals surface area contributed by atoms with Crippen molar-refractivity contribution in [1.82, 2.24) is 0 Å². The van der Waals surface area contributed by atoms with Crippen LogP contribution in [0.4, 0.5) is 5.69 Å². The predicted molar refractivity (Wildman–Crippen MR) is 56.5 cm³/mol. The lowest BCUT2D eigenvalue weighted by molar-refractivity contribution is -0.159. The number of rotatable bonds is 1. The first kappa shape index (κ1) is 10.5. The van der Waals surface area contributed by atoms with Crippen LogP contribution < -0.4 is 10.1 Å². The van der Waals surface area contributed by atoms with Gasteiger partial charge in [-0.25, -0.2) is 4.79 Å². The maximum atomic E-state index is 11.6. The standard InChI is InChI=1S/C11H11NO4/c1-6-3-4-8-7(5-6)12-9(13)11(2,16-8)10(14)15/h3-5H,1-2H3,(H,12,13)(H,14,15). The van der Waals surface area contributed by atoms with Gasteiger partial charge >= 0.3 is 5.97 Å². The third kappa shape index (κ3) is 1.41. The van der Waals surface area contributed by atoms with Crippen LogP contribution in [0.2, 0.25) is 0 Å². The molecular weight excluding hydrogens is 210 g/mol. The molecule has 84 valence electrons. The van der Waals surface area contributed by atoms with E-state index in [1.54, 1.807) is 18.2 Å². The number of anilines is 1. The second-order valence-electron chi connectivity index (χ2n) is 3.89. The molecule has 0 aliphatic carbocycles. The maximum Gasteiger partial charge on any atom is 0.357 e. The van der Waals surface area contributed by atoms with Gasteiger partial charge in [0, 0.05) is 0 Å². The SMILES string of the molecule is Cc1ccc2c(c1)NC(=O)C(C)(C(=O)O)O2. The summed E-state index contributed by atoms with van der Waals surface area (Å²) in [6.07, 6.45) is 0. The summed E-state index contributed by atoms with van der Waals surface area (Å²) in [5.41, 5.74) is -0.396. The molecule has 2 N–H and O–H groups in total. The van der Waals surface area contributed by atoms with E-state index in [4.69, 9.17) is 9.84 Å². The molecule has 5 nitrogen and oxygen atoms in total. The molecule has 2 rings (SSSR count). The van der Waals surface area contributed by atoms with E-state index >= 15 is 0 Å². The Balaban J connectivity index is 2.47. The van der Waals surface area contributed by atoms with Crippen LogP contribution in [0, 0.1) is 6.92 Å². The zero-order valence-corrected chi connectivity index (χ0v) is 8.90. The smallest absolute Gasteiger partial charge is 0.357 e. The average Bonchev–Trinajstić information content (AvgIpc) is 2.20. The molecule has 0 fully saturated rings. The van der Waals surface area contributed by atoms with E-state index in [1.807, 2.05) is 6.92 Å². The van der Waals surface area contributed by atoms with Crippen molar-refractivity contribution in [2.75, 3.05) is 5.32 Å². The highest BCUT2D eigenvalue weighted by molar-refractivity contribution is 6.13. The van der Waals surface area contributed by atoms with E-state index in [2.05, 4.69) is 5.32 Å². The molecule has 0 bridgehead atoms. The number of aliphatic carboxylic acids is 1. The van der Waals surface area contributed by atoms with E-state index < -0.39 is 17.5 Å². The Morgan fingerprint density at radius 2 is 2.19 bits per heavy atom. The van der Waals surface area contributed by atoms with Crippen molar-refractivity contribution < 1.29 is 19.4 Å². The fraction of sp³-hybridized carbons (Fsp3) is 0.273. The van der Waals surface area contributed by atoms with Gasteiger partial charge in [0.25, 0.3) is 11.5 Å². The van der Waals surface area contributed by atoms with Crippen LogP contribution in [0.1, 0.15) is 12.5 Å². The van der Waals surface area contributed by atoms with Crippen molar-refractivity contribution in [1.29, 1.82) is 0 Å². The topological polar surface area (TPSA) is 75.6 Å². The van der Waals surface area contributed by atoms with Gasteiger partial charge in [0.1, 0.15) is 5.75 Å². The first-order chi connectivity index (χ1) is 7.43. The summed E-state index contributed by atoms with van der Waals surface area (Å²) in [6.45, 7) is 3.10. The molecule has 16 heavy (non-hydrogen) atoms. The van der Waals surface area contributed by atoms with Gasteiger partial charge in [0.2, 0.25) is 0 Å². The number of carboxylic acid groups (broad SMARTS) is 1. The molecule has 1 unspecified atom stereocenters. The summed E-state index contributed by atoms with van der Waals surface area (Å²) < 4.78 is 5.24. The number of nitrogens with one attached hydrogen (secondary N) is 1. The van der Waals surface area contributed by atoms with Gasteiger partial charge in [0.15, 0.2) is 0 Å². The van der Waals surface area contributed by atoms with Crippen LogP contribution in [-0.2, 0) is 9.59 Å². The number of carboxylic acids is 1. The van der Waals surface area contributed by atoms with Gasteiger partial charge in [-0.3, -0.25) is 4.79 Å².